The average molecular weight is 386 g/mol. The van der Waals surface area contributed by atoms with Crippen LogP contribution in [0.4, 0.5) is 0 Å². The molecule has 2 amide bonds. The summed E-state index contributed by atoms with van der Waals surface area (Å²) in [5.74, 6) is 0.425. The number of unbranched alkanes of at least 4 members (excludes halogenated alkanes) is 2. The van der Waals surface area contributed by atoms with Gasteiger partial charge in [-0.05, 0) is 56.6 Å². The van der Waals surface area contributed by atoms with Gasteiger partial charge in [-0.1, -0.05) is 33.1 Å². The first-order valence-electron chi connectivity index (χ1n) is 10.9. The van der Waals surface area contributed by atoms with E-state index in [-0.39, 0.29) is 17.7 Å². The predicted octanol–water partition coefficient (Wildman–Crippen LogP) is 4.11. The van der Waals surface area contributed by atoms with Gasteiger partial charge >= 0.3 is 0 Å². The van der Waals surface area contributed by atoms with Crippen molar-refractivity contribution in [1.82, 2.24) is 15.2 Å². The van der Waals surface area contributed by atoms with E-state index in [0.717, 1.165) is 57.3 Å². The van der Waals surface area contributed by atoms with Crippen LogP contribution in [0.5, 0.6) is 0 Å². The van der Waals surface area contributed by atoms with Crippen molar-refractivity contribution in [3.8, 4) is 0 Å². The maximum Gasteiger partial charge on any atom is 0.255 e. The monoisotopic (exact) mass is 385 g/mol. The number of carbonyl (C=O) groups is 2. The number of nitrogens with zero attached hydrogens (tertiary/aromatic N) is 2. The molecular formula is C23H35N3O2. The second-order valence-corrected chi connectivity index (χ2v) is 8.99. The highest BCUT2D eigenvalue weighted by Gasteiger charge is 2.47. The summed E-state index contributed by atoms with van der Waals surface area (Å²) in [6.45, 7) is 7.77. The normalized spacial score (nSPS) is 19.9. The van der Waals surface area contributed by atoms with Crippen molar-refractivity contribution in [3.63, 3.8) is 0 Å². The molecule has 5 nitrogen and oxygen atoms in total. The van der Waals surface area contributed by atoms with Gasteiger partial charge < -0.3 is 10.2 Å². The van der Waals surface area contributed by atoms with Gasteiger partial charge in [0, 0.05) is 36.9 Å². The van der Waals surface area contributed by atoms with Crippen LogP contribution >= 0.6 is 0 Å². The average Bonchev–Trinajstić information content (AvgIpc) is 2.67. The van der Waals surface area contributed by atoms with Crippen LogP contribution in [0.25, 0.3) is 0 Å². The summed E-state index contributed by atoms with van der Waals surface area (Å²) in [6.07, 6.45) is 10.4. The van der Waals surface area contributed by atoms with Crippen LogP contribution in [0.2, 0.25) is 0 Å². The van der Waals surface area contributed by atoms with Crippen molar-refractivity contribution in [1.29, 1.82) is 0 Å². The molecule has 1 saturated carbocycles. The number of piperidine rings is 1. The molecule has 0 bridgehead atoms. The fourth-order valence-corrected chi connectivity index (χ4v) is 4.63. The van der Waals surface area contributed by atoms with E-state index in [4.69, 9.17) is 0 Å². The first-order valence-corrected chi connectivity index (χ1v) is 10.9. The quantitative estimate of drug-likeness (QED) is 0.719. The fraction of sp³-hybridized carbons (Fsp3) is 0.696. The summed E-state index contributed by atoms with van der Waals surface area (Å²) in [5.41, 5.74) is 1.93. The molecule has 1 spiro atoms. The van der Waals surface area contributed by atoms with Crippen molar-refractivity contribution in [2.75, 3.05) is 13.1 Å². The lowest BCUT2D eigenvalue weighted by Gasteiger charge is -2.52. The zero-order valence-corrected chi connectivity index (χ0v) is 17.7. The minimum Gasteiger partial charge on any atom is -0.353 e. The largest absolute Gasteiger partial charge is 0.353 e. The van der Waals surface area contributed by atoms with Crippen LogP contribution in [0.1, 0.15) is 81.3 Å². The van der Waals surface area contributed by atoms with Crippen LogP contribution in [-0.2, 0) is 4.79 Å². The minimum absolute atomic E-state index is 0.0902. The second-order valence-electron chi connectivity index (χ2n) is 8.99. The van der Waals surface area contributed by atoms with Crippen molar-refractivity contribution in [2.45, 2.75) is 78.2 Å². The number of aryl methyl sites for hydroxylation is 1. The van der Waals surface area contributed by atoms with Crippen LogP contribution < -0.4 is 5.32 Å². The Hall–Kier alpha value is -1.91. The second kappa shape index (κ2) is 9.06. The molecule has 1 aromatic heterocycles. The number of carbonyl (C=O) groups excluding carboxylic acids is 2. The molecule has 1 N–H and O–H groups in total. The van der Waals surface area contributed by atoms with Crippen molar-refractivity contribution < 1.29 is 9.59 Å². The number of likely N-dealkylation sites (tertiary alicyclic amines) is 1. The Bertz CT molecular complexity index is 670. The number of hydrogen-bond donors (Lipinski definition) is 1. The molecule has 2 fully saturated rings. The molecular weight excluding hydrogens is 350 g/mol. The Labute approximate surface area is 169 Å². The van der Waals surface area contributed by atoms with Gasteiger partial charge in [0.15, 0.2) is 0 Å². The SMILES string of the molecule is CCCCCC(C)C(=O)NC1CC2(CCN(C(=O)c3ccc(C)nc3)CC2)C1. The summed E-state index contributed by atoms with van der Waals surface area (Å²) >= 11 is 0. The summed E-state index contributed by atoms with van der Waals surface area (Å²) in [7, 11) is 0. The first-order chi connectivity index (χ1) is 13.4. The van der Waals surface area contributed by atoms with E-state index >= 15 is 0 Å². The van der Waals surface area contributed by atoms with Gasteiger partial charge in [-0.25, -0.2) is 0 Å². The maximum absolute atomic E-state index is 12.7. The molecule has 0 aromatic carbocycles. The summed E-state index contributed by atoms with van der Waals surface area (Å²) in [5, 5.41) is 3.25. The third-order valence-corrected chi connectivity index (χ3v) is 6.66. The van der Waals surface area contributed by atoms with E-state index < -0.39 is 0 Å². The molecule has 5 heteroatoms. The Balaban J connectivity index is 1.41. The van der Waals surface area contributed by atoms with Gasteiger partial charge in [-0.2, -0.15) is 0 Å². The minimum atomic E-state index is 0.0902. The summed E-state index contributed by atoms with van der Waals surface area (Å²) in [6, 6.07) is 4.08. The predicted molar refractivity (Wildman–Crippen MR) is 111 cm³/mol. The Kier molecular flexibility index (Phi) is 6.73. The van der Waals surface area contributed by atoms with Crippen molar-refractivity contribution in [2.24, 2.45) is 11.3 Å². The summed E-state index contributed by atoms with van der Waals surface area (Å²) < 4.78 is 0. The van der Waals surface area contributed by atoms with Gasteiger partial charge in [0.05, 0.1) is 5.56 Å². The van der Waals surface area contributed by atoms with Gasteiger partial charge in [-0.3, -0.25) is 14.6 Å². The molecule has 1 aliphatic carbocycles. The van der Waals surface area contributed by atoms with Gasteiger partial charge in [0.2, 0.25) is 5.91 Å². The molecule has 28 heavy (non-hydrogen) atoms. The van der Waals surface area contributed by atoms with Crippen molar-refractivity contribution >= 4 is 11.8 Å². The number of hydrogen-bond acceptors (Lipinski definition) is 3. The highest BCUT2D eigenvalue weighted by Crippen LogP contribution is 2.49. The lowest BCUT2D eigenvalue weighted by atomic mass is 9.60. The van der Waals surface area contributed by atoms with Gasteiger partial charge in [0.25, 0.3) is 5.91 Å². The highest BCUT2D eigenvalue weighted by atomic mass is 16.2. The zero-order valence-electron chi connectivity index (χ0n) is 17.7. The molecule has 1 atom stereocenters. The topological polar surface area (TPSA) is 62.3 Å². The molecule has 154 valence electrons. The fourth-order valence-electron chi connectivity index (χ4n) is 4.63. The molecule has 2 aliphatic rings. The Morgan fingerprint density at radius 2 is 1.96 bits per heavy atom. The Morgan fingerprint density at radius 3 is 2.57 bits per heavy atom. The number of rotatable bonds is 7. The molecule has 2 heterocycles. The van der Waals surface area contributed by atoms with E-state index in [1.165, 1.54) is 12.8 Å². The number of aromatic nitrogens is 1. The first kappa shape index (κ1) is 20.8. The van der Waals surface area contributed by atoms with Gasteiger partial charge in [-0.15, -0.1) is 0 Å². The lowest BCUT2D eigenvalue weighted by Crippen LogP contribution is -2.56. The number of amides is 2. The van der Waals surface area contributed by atoms with E-state index in [9.17, 15) is 9.59 Å². The molecule has 1 unspecified atom stereocenters. The highest BCUT2D eigenvalue weighted by molar-refractivity contribution is 5.94. The van der Waals surface area contributed by atoms with E-state index in [1.807, 2.05) is 30.9 Å². The van der Waals surface area contributed by atoms with E-state index in [1.54, 1.807) is 6.20 Å². The van der Waals surface area contributed by atoms with E-state index in [0.29, 0.717) is 17.0 Å². The van der Waals surface area contributed by atoms with Crippen LogP contribution in [0, 0.1) is 18.3 Å². The Morgan fingerprint density at radius 1 is 1.25 bits per heavy atom. The van der Waals surface area contributed by atoms with Gasteiger partial charge in [0.1, 0.15) is 0 Å². The standard InChI is InChI=1S/C23H35N3O2/c1-4-5-6-7-17(2)21(27)25-20-14-23(15-20)10-12-26(13-11-23)22(28)19-9-8-18(3)24-16-19/h8-9,16-17,20H,4-7,10-15H2,1-3H3,(H,25,27). The molecule has 0 radical (unpaired) electrons. The van der Waals surface area contributed by atoms with Crippen LogP contribution in [0.3, 0.4) is 0 Å². The van der Waals surface area contributed by atoms with Crippen LogP contribution in [0.15, 0.2) is 18.3 Å². The smallest absolute Gasteiger partial charge is 0.255 e. The maximum atomic E-state index is 12.7. The molecule has 1 aromatic rings. The van der Waals surface area contributed by atoms with E-state index in [2.05, 4.69) is 17.2 Å². The lowest BCUT2D eigenvalue weighted by molar-refractivity contribution is -0.127. The third-order valence-electron chi connectivity index (χ3n) is 6.66. The number of pyridine rings is 1. The molecule has 1 aliphatic heterocycles. The zero-order chi connectivity index (χ0) is 20.1. The molecule has 1 saturated heterocycles. The van der Waals surface area contributed by atoms with Crippen LogP contribution in [-0.4, -0.2) is 40.8 Å². The number of nitrogens with one attached hydrogen (secondary N) is 1. The summed E-state index contributed by atoms with van der Waals surface area (Å²) in [4.78, 5) is 31.2. The molecule has 3 rings (SSSR count). The third kappa shape index (κ3) is 4.92. The van der Waals surface area contributed by atoms with Crippen molar-refractivity contribution in [3.05, 3.63) is 29.6 Å².